The Morgan fingerprint density at radius 2 is 0.723 bits per heavy atom. The van der Waals surface area contributed by atoms with Gasteiger partial charge in [0.25, 0.3) is 0 Å². The number of fused-ring (bicyclic) bond motifs is 9. The Kier molecular flexibility index (Phi) is 7.46. The van der Waals surface area contributed by atoms with E-state index in [4.69, 9.17) is 15.0 Å². The molecule has 0 radical (unpaired) electrons. The zero-order valence-corrected chi connectivity index (χ0v) is 34.6. The molecule has 0 saturated carbocycles. The van der Waals surface area contributed by atoms with Gasteiger partial charge < -0.3 is 13.7 Å². The topological polar surface area (TPSA) is 57.8 Å². The summed E-state index contributed by atoms with van der Waals surface area (Å²) in [6, 6.07) is 64.0. The molecule has 0 N–H and O–H groups in total. The molecule has 0 unspecified atom stereocenters. The Morgan fingerprint density at radius 3 is 1.18 bits per heavy atom. The summed E-state index contributed by atoms with van der Waals surface area (Å²) in [5, 5.41) is 5.41. The summed E-state index contributed by atoms with van der Waals surface area (Å²) in [6.07, 6.45) is 0. The van der Waals surface area contributed by atoms with Gasteiger partial charge >= 0.3 is 0 Å². The normalized spacial score (nSPS) is 12.3. The van der Waals surface area contributed by atoms with Crippen LogP contribution >= 0.6 is 0 Å². The second kappa shape index (κ2) is 14.5. The van der Waals surface area contributed by atoms with E-state index < -0.39 is 0 Å². The molecule has 0 bridgehead atoms. The van der Waals surface area contributed by atoms with E-state index in [1.807, 2.05) is 161 Å². The van der Waals surface area contributed by atoms with Gasteiger partial charge in [-0.05, 0) is 42.4 Å². The Morgan fingerprint density at radius 1 is 0.369 bits per heavy atom. The minimum atomic E-state index is 0.260. The Bertz CT molecular complexity index is 4200. The third-order valence-corrected chi connectivity index (χ3v) is 12.5. The highest BCUT2D eigenvalue weighted by molar-refractivity contribution is 6.14. The molecule has 0 spiro atoms. The second-order valence-corrected chi connectivity index (χ2v) is 16.0. The van der Waals surface area contributed by atoms with Crippen molar-refractivity contribution >= 4 is 71.1 Å². The Labute approximate surface area is 377 Å². The van der Waals surface area contributed by atoms with E-state index in [1.165, 1.54) is 0 Å². The minimum absolute atomic E-state index is 0.260. The second-order valence-electron chi connectivity index (χ2n) is 16.0. The average molecular weight is 833 g/mol. The molecular formula is C58H35N7. The van der Waals surface area contributed by atoms with Gasteiger partial charge in [0.05, 0.1) is 66.4 Å². The summed E-state index contributed by atoms with van der Waals surface area (Å²) in [5.74, 6) is 1.17. The van der Waals surface area contributed by atoms with Gasteiger partial charge in [-0.15, -0.1) is 0 Å². The van der Waals surface area contributed by atoms with Gasteiger partial charge in [0.15, 0.2) is 17.5 Å². The molecule has 0 aliphatic heterocycles. The molecule has 7 nitrogen and oxygen atoms in total. The largest absolute Gasteiger partial charge is 0.319 e. The first kappa shape index (κ1) is 33.5. The summed E-state index contributed by atoms with van der Waals surface area (Å²) in [5.41, 5.74) is 8.23. The first-order valence-electron chi connectivity index (χ1n) is 22.9. The van der Waals surface area contributed by atoms with Crippen molar-refractivity contribution < 1.29 is 4.11 Å². The van der Waals surface area contributed by atoms with Gasteiger partial charge in [0.1, 0.15) is 0 Å². The van der Waals surface area contributed by atoms with Crippen molar-refractivity contribution in [2.75, 3.05) is 0 Å². The van der Waals surface area contributed by atoms with Crippen LogP contribution in [0.5, 0.6) is 0 Å². The zero-order chi connectivity index (χ0) is 45.6. The summed E-state index contributed by atoms with van der Waals surface area (Å²) in [6.45, 7) is 9.44. The van der Waals surface area contributed by atoms with Crippen molar-refractivity contribution in [2.45, 2.75) is 0 Å². The van der Waals surface area contributed by atoms with Gasteiger partial charge in [-0.3, -0.25) is 0 Å². The molecule has 0 amide bonds. The van der Waals surface area contributed by atoms with Gasteiger partial charge in [-0.25, -0.2) is 19.8 Å². The number of rotatable bonds is 6. The predicted molar refractivity (Wildman–Crippen MR) is 265 cm³/mol. The van der Waals surface area contributed by atoms with Crippen molar-refractivity contribution in [3.05, 3.63) is 224 Å². The fraction of sp³-hybridized carbons (Fsp3) is 0. The Hall–Kier alpha value is -9.12. The van der Waals surface area contributed by atoms with Crippen molar-refractivity contribution in [3.8, 4) is 51.2 Å². The summed E-state index contributed by atoms with van der Waals surface area (Å²) in [7, 11) is 0. The van der Waals surface area contributed by atoms with Crippen LogP contribution in [0.2, 0.25) is 0 Å². The molecule has 4 aromatic heterocycles. The van der Waals surface area contributed by atoms with E-state index in [-0.39, 0.29) is 11.7 Å². The molecule has 7 heteroatoms. The van der Waals surface area contributed by atoms with Crippen LogP contribution in [0.4, 0.5) is 5.69 Å². The summed E-state index contributed by atoms with van der Waals surface area (Å²) < 4.78 is 35.0. The van der Waals surface area contributed by atoms with E-state index in [0.717, 1.165) is 60.0 Å². The first-order valence-corrected chi connectivity index (χ1v) is 21.4. The molecule has 9 aromatic carbocycles. The highest BCUT2D eigenvalue weighted by Gasteiger charge is 2.31. The number of benzene rings is 9. The summed E-state index contributed by atoms with van der Waals surface area (Å²) in [4.78, 5) is 20.5. The number of para-hydroxylation sites is 6. The van der Waals surface area contributed by atoms with E-state index in [0.29, 0.717) is 68.7 Å². The smallest absolute Gasteiger partial charge is 0.234 e. The quantitative estimate of drug-likeness (QED) is 0.157. The van der Waals surface area contributed by atoms with Crippen LogP contribution in [0.1, 0.15) is 4.11 Å². The van der Waals surface area contributed by atoms with E-state index in [2.05, 4.69) is 33.7 Å². The van der Waals surface area contributed by atoms with E-state index in [9.17, 15) is 10.7 Å². The third kappa shape index (κ3) is 5.51. The summed E-state index contributed by atoms with van der Waals surface area (Å²) >= 11 is 0. The fourth-order valence-corrected chi connectivity index (χ4v) is 9.72. The van der Waals surface area contributed by atoms with Gasteiger partial charge in [0, 0.05) is 43.4 Å². The highest BCUT2D eigenvalue weighted by atomic mass is 15.1. The van der Waals surface area contributed by atoms with Crippen molar-refractivity contribution in [1.82, 2.24) is 28.7 Å². The standard InChI is InChI=1S/C58H35N7/c1-59-54-52(64-47-32-16-10-26-41(47)42-27-11-17-33-48(42)64)36-51(63-45-30-14-8-24-39(45)40-25-9-15-31-46(40)63)53(55(54)65-49-34-18-12-28-43(49)44-29-13-19-35-50(44)65)58-61-56(37-20-4-2-5-21-37)60-57(62-58)38-22-6-3-7-23-38/h2-36H/i30D,32D,34D. The zero-order valence-electron chi connectivity index (χ0n) is 37.6. The van der Waals surface area contributed by atoms with Gasteiger partial charge in [-0.1, -0.05) is 170 Å². The lowest BCUT2D eigenvalue weighted by Crippen LogP contribution is -2.10. The maximum absolute atomic E-state index is 9.66. The number of nitrogens with zero attached hydrogens (tertiary/aromatic N) is 7. The maximum atomic E-state index is 9.66. The lowest BCUT2D eigenvalue weighted by molar-refractivity contribution is 1.05. The molecular weight excluding hydrogens is 795 g/mol. The molecule has 0 aliphatic rings. The minimum Gasteiger partial charge on any atom is -0.319 e. The first-order chi connectivity index (χ1) is 33.5. The molecule has 302 valence electrons. The molecule has 65 heavy (non-hydrogen) atoms. The number of aromatic nitrogens is 6. The lowest BCUT2D eigenvalue weighted by atomic mass is 10.0. The molecule has 4 heterocycles. The van der Waals surface area contributed by atoms with Crippen molar-refractivity contribution in [2.24, 2.45) is 0 Å². The monoisotopic (exact) mass is 832 g/mol. The maximum Gasteiger partial charge on any atom is 0.234 e. The fourth-order valence-electron chi connectivity index (χ4n) is 9.72. The predicted octanol–water partition coefficient (Wildman–Crippen LogP) is 14.7. The SMILES string of the molecule is [2H]c1cccc2c3ccccc3n(-c3cc(-n4c5ccccc5c5cccc([2H])c54)c(-c4nc(-c5ccccc5)nc(-c5ccccc5)n4)c(-n4c5ccccc5c5cccc([2H])c54)c3[N+]#[C-])c12. The van der Waals surface area contributed by atoms with Crippen molar-refractivity contribution in [1.29, 1.82) is 0 Å². The van der Waals surface area contributed by atoms with Crippen LogP contribution in [0.25, 0.3) is 121 Å². The molecule has 0 atom stereocenters. The molecule has 0 fully saturated rings. The van der Waals surface area contributed by atoms with Crippen LogP contribution in [0.3, 0.4) is 0 Å². The molecule has 0 saturated heterocycles. The van der Waals surface area contributed by atoms with Gasteiger partial charge in [0.2, 0.25) is 5.69 Å². The Balaban J connectivity index is 1.33. The van der Waals surface area contributed by atoms with Gasteiger partial charge in [-0.2, -0.15) is 0 Å². The lowest BCUT2D eigenvalue weighted by Gasteiger charge is -2.24. The molecule has 0 aliphatic carbocycles. The third-order valence-electron chi connectivity index (χ3n) is 12.5. The van der Waals surface area contributed by atoms with Crippen LogP contribution in [-0.2, 0) is 0 Å². The van der Waals surface area contributed by atoms with Crippen LogP contribution < -0.4 is 0 Å². The average Bonchev–Trinajstić information content (AvgIpc) is 4.04. The van der Waals surface area contributed by atoms with E-state index in [1.54, 1.807) is 18.2 Å². The number of hydrogen-bond donors (Lipinski definition) is 0. The highest BCUT2D eigenvalue weighted by Crippen LogP contribution is 2.49. The molecule has 13 rings (SSSR count). The number of hydrogen-bond acceptors (Lipinski definition) is 3. The van der Waals surface area contributed by atoms with E-state index >= 15 is 0 Å². The van der Waals surface area contributed by atoms with Crippen LogP contribution in [0, 0.1) is 6.57 Å². The van der Waals surface area contributed by atoms with Crippen LogP contribution in [-0.4, -0.2) is 28.7 Å². The van der Waals surface area contributed by atoms with Crippen molar-refractivity contribution in [3.63, 3.8) is 0 Å². The molecule has 13 aromatic rings. The van der Waals surface area contributed by atoms with Crippen LogP contribution in [0.15, 0.2) is 212 Å².